The zero-order valence-electron chi connectivity index (χ0n) is 15.1. The molecule has 1 heterocycles. The van der Waals surface area contributed by atoms with E-state index in [2.05, 4.69) is 89.9 Å². The van der Waals surface area contributed by atoms with Crippen molar-refractivity contribution in [1.82, 2.24) is 0 Å². The Bertz CT molecular complexity index is 1030. The summed E-state index contributed by atoms with van der Waals surface area (Å²) < 4.78 is 6.69. The summed E-state index contributed by atoms with van der Waals surface area (Å²) in [4.78, 5) is 2.39. The van der Waals surface area contributed by atoms with Gasteiger partial charge in [-0.05, 0) is 0 Å². The molecule has 0 aliphatic rings. The molecule has 1 aromatic heterocycles. The van der Waals surface area contributed by atoms with E-state index < -0.39 is 0 Å². The van der Waals surface area contributed by atoms with Crippen LogP contribution in [0.5, 0.6) is 5.75 Å². The van der Waals surface area contributed by atoms with E-state index in [4.69, 9.17) is 4.74 Å². The molecule has 0 radical (unpaired) electrons. The summed E-state index contributed by atoms with van der Waals surface area (Å²) in [7, 11) is 1.69. The molecular formula is C25H20OSe. The van der Waals surface area contributed by atoms with Gasteiger partial charge in [0, 0.05) is 0 Å². The van der Waals surface area contributed by atoms with Crippen molar-refractivity contribution >= 4 is 26.7 Å². The normalized spacial score (nSPS) is 11.0. The van der Waals surface area contributed by atoms with Crippen LogP contribution in [0.1, 0.15) is 11.1 Å². The van der Waals surface area contributed by atoms with Crippen LogP contribution in [0.2, 0.25) is 0 Å². The molecule has 0 atom stereocenters. The average Bonchev–Trinajstić information content (AvgIpc) is 3.18. The molecule has 0 unspecified atom stereocenters. The van der Waals surface area contributed by atoms with Crippen molar-refractivity contribution in [3.8, 4) is 26.9 Å². The summed E-state index contributed by atoms with van der Waals surface area (Å²) in [5.74, 6) is 0.881. The van der Waals surface area contributed by atoms with Crippen LogP contribution in [-0.4, -0.2) is 21.6 Å². The molecule has 4 rings (SSSR count). The second-order valence-corrected chi connectivity index (χ2v) is 8.08. The number of hydrogen-bond donors (Lipinski definition) is 0. The molecule has 0 spiro atoms. The minimum absolute atomic E-state index is 0.326. The molecule has 0 aliphatic carbocycles. The zero-order valence-corrected chi connectivity index (χ0v) is 16.8. The van der Waals surface area contributed by atoms with E-state index in [-0.39, 0.29) is 0 Å². The van der Waals surface area contributed by atoms with Gasteiger partial charge in [-0.15, -0.1) is 0 Å². The topological polar surface area (TPSA) is 9.23 Å². The van der Waals surface area contributed by atoms with Gasteiger partial charge in [0.25, 0.3) is 0 Å². The fourth-order valence-electron chi connectivity index (χ4n) is 3.10. The van der Waals surface area contributed by atoms with Crippen molar-refractivity contribution in [3.63, 3.8) is 0 Å². The molecular weight excluding hydrogens is 395 g/mol. The van der Waals surface area contributed by atoms with Gasteiger partial charge in [-0.1, -0.05) is 0 Å². The first kappa shape index (κ1) is 17.6. The first-order chi connectivity index (χ1) is 13.3. The first-order valence-electron chi connectivity index (χ1n) is 8.89. The third kappa shape index (κ3) is 3.98. The Morgan fingerprint density at radius 3 is 1.96 bits per heavy atom. The fraction of sp³-hybridized carbons (Fsp3) is 0.0400. The van der Waals surface area contributed by atoms with Crippen LogP contribution in [0.25, 0.3) is 33.3 Å². The number of rotatable bonds is 5. The Balaban J connectivity index is 1.76. The van der Waals surface area contributed by atoms with Crippen LogP contribution in [-0.2, 0) is 0 Å². The van der Waals surface area contributed by atoms with Crippen LogP contribution in [0.4, 0.5) is 0 Å². The summed E-state index contributed by atoms with van der Waals surface area (Å²) in [6.45, 7) is 0. The van der Waals surface area contributed by atoms with E-state index in [1.54, 1.807) is 7.11 Å². The van der Waals surface area contributed by atoms with Crippen molar-refractivity contribution in [2.24, 2.45) is 0 Å². The predicted octanol–water partition coefficient (Wildman–Crippen LogP) is 6.26. The van der Waals surface area contributed by atoms with Crippen molar-refractivity contribution in [1.29, 1.82) is 0 Å². The second kappa shape index (κ2) is 8.26. The Kier molecular flexibility index (Phi) is 5.39. The van der Waals surface area contributed by atoms with Gasteiger partial charge in [-0.2, -0.15) is 0 Å². The molecule has 4 aromatic rings. The minimum atomic E-state index is 0.326. The Morgan fingerprint density at radius 2 is 1.33 bits per heavy atom. The Labute approximate surface area is 166 Å². The van der Waals surface area contributed by atoms with Gasteiger partial charge in [0.2, 0.25) is 0 Å². The predicted molar refractivity (Wildman–Crippen MR) is 116 cm³/mol. The second-order valence-electron chi connectivity index (χ2n) is 6.23. The number of hydrogen-bond acceptors (Lipinski definition) is 1. The Hall–Kier alpha value is -2.80. The summed E-state index contributed by atoms with van der Waals surface area (Å²) in [5.41, 5.74) is 6.43. The van der Waals surface area contributed by atoms with Gasteiger partial charge in [0.1, 0.15) is 0 Å². The molecule has 27 heavy (non-hydrogen) atoms. The van der Waals surface area contributed by atoms with E-state index in [1.807, 2.05) is 12.1 Å². The van der Waals surface area contributed by atoms with Crippen LogP contribution in [0, 0.1) is 0 Å². The Morgan fingerprint density at radius 1 is 0.704 bits per heavy atom. The van der Waals surface area contributed by atoms with Crippen LogP contribution in [0.15, 0.2) is 89.9 Å². The number of ether oxygens (including phenoxy) is 1. The summed E-state index contributed by atoms with van der Waals surface area (Å²) >= 11 is 0.326. The molecule has 2 heteroatoms. The molecule has 0 fully saturated rings. The van der Waals surface area contributed by atoms with Gasteiger partial charge in [0.05, 0.1) is 0 Å². The zero-order chi connectivity index (χ0) is 18.5. The molecule has 0 saturated carbocycles. The van der Waals surface area contributed by atoms with Gasteiger partial charge in [0.15, 0.2) is 0 Å². The standard InChI is InChI=1S/C25H20OSe/c1-26-23-16-13-19(14-17-23)12-15-22-18-27-25(21-10-6-3-7-11-21)24(22)20-8-4-2-5-9-20/h2-18H,1H3/b15-12+. The van der Waals surface area contributed by atoms with Crippen molar-refractivity contribution in [2.75, 3.05) is 7.11 Å². The molecule has 132 valence electrons. The number of benzene rings is 3. The molecule has 1 nitrogen and oxygen atoms in total. The maximum absolute atomic E-state index is 5.24. The summed E-state index contributed by atoms with van der Waals surface area (Å²) in [6.07, 6.45) is 4.42. The van der Waals surface area contributed by atoms with Gasteiger partial charge >= 0.3 is 166 Å². The third-order valence-electron chi connectivity index (χ3n) is 4.49. The fourth-order valence-corrected chi connectivity index (χ4v) is 5.34. The maximum atomic E-state index is 5.24. The molecule has 0 aliphatic heterocycles. The number of methoxy groups -OCH3 is 1. The molecule has 0 bridgehead atoms. The summed E-state index contributed by atoms with van der Waals surface area (Å²) in [5, 5.41) is 0. The van der Waals surface area contributed by atoms with E-state index in [9.17, 15) is 0 Å². The summed E-state index contributed by atoms with van der Waals surface area (Å²) in [6, 6.07) is 29.6. The van der Waals surface area contributed by atoms with Crippen molar-refractivity contribution in [3.05, 3.63) is 101 Å². The van der Waals surface area contributed by atoms with Crippen LogP contribution in [0.3, 0.4) is 0 Å². The van der Waals surface area contributed by atoms with E-state index in [1.165, 1.54) is 32.3 Å². The van der Waals surface area contributed by atoms with E-state index in [0.29, 0.717) is 14.5 Å². The van der Waals surface area contributed by atoms with E-state index in [0.717, 1.165) is 5.75 Å². The van der Waals surface area contributed by atoms with Gasteiger partial charge in [-0.25, -0.2) is 0 Å². The van der Waals surface area contributed by atoms with Gasteiger partial charge in [-0.3, -0.25) is 0 Å². The molecule has 3 aromatic carbocycles. The van der Waals surface area contributed by atoms with Crippen molar-refractivity contribution in [2.45, 2.75) is 0 Å². The molecule has 0 amide bonds. The van der Waals surface area contributed by atoms with Crippen LogP contribution >= 0.6 is 0 Å². The van der Waals surface area contributed by atoms with E-state index >= 15 is 0 Å². The SMILES string of the molecule is COc1ccc(/C=C/c2c[se]c(-c3ccccc3)c2-c2ccccc2)cc1. The third-order valence-corrected chi connectivity index (χ3v) is 6.69. The monoisotopic (exact) mass is 416 g/mol. The van der Waals surface area contributed by atoms with Gasteiger partial charge < -0.3 is 0 Å². The van der Waals surface area contributed by atoms with Crippen molar-refractivity contribution < 1.29 is 4.74 Å². The average molecular weight is 415 g/mol. The quantitative estimate of drug-likeness (QED) is 0.350. The molecule has 0 N–H and O–H groups in total. The molecule has 0 saturated heterocycles. The first-order valence-corrected chi connectivity index (χ1v) is 10.7. The van der Waals surface area contributed by atoms with Crippen LogP contribution < -0.4 is 4.74 Å².